The number of carboxylic acids is 1. The van der Waals surface area contributed by atoms with Crippen molar-refractivity contribution in [3.05, 3.63) is 27.4 Å². The Labute approximate surface area is 273 Å². The molecule has 2 saturated carbocycles. The summed E-state index contributed by atoms with van der Waals surface area (Å²) >= 11 is 8.51. The molecule has 12 heteroatoms. The molecule has 45 heavy (non-hydrogen) atoms. The molecule has 0 radical (unpaired) electrons. The van der Waals surface area contributed by atoms with Gasteiger partial charge in [-0.15, -0.1) is 11.6 Å². The van der Waals surface area contributed by atoms with Crippen LogP contribution in [0.3, 0.4) is 0 Å². The minimum atomic E-state index is -2.55. The maximum atomic E-state index is 14.2. The van der Waals surface area contributed by atoms with E-state index in [0.717, 1.165) is 56.3 Å². The van der Waals surface area contributed by atoms with Gasteiger partial charge in [-0.25, -0.2) is 13.8 Å². The van der Waals surface area contributed by atoms with Crippen molar-refractivity contribution >= 4 is 29.3 Å². The van der Waals surface area contributed by atoms with Crippen molar-refractivity contribution in [2.45, 2.75) is 125 Å². The van der Waals surface area contributed by atoms with Crippen molar-refractivity contribution in [3.8, 4) is 0 Å². The number of rotatable bonds is 7. The Hall–Kier alpha value is -1.27. The third kappa shape index (κ3) is 6.00. The van der Waals surface area contributed by atoms with E-state index in [1.165, 1.54) is 0 Å². The molecule has 2 N–H and O–H groups in total. The maximum Gasteiger partial charge on any atom is 0.308 e. The van der Waals surface area contributed by atoms with E-state index in [-0.39, 0.29) is 58.7 Å². The summed E-state index contributed by atoms with van der Waals surface area (Å²) < 4.78 is 36.7. The van der Waals surface area contributed by atoms with Crippen LogP contribution in [0.15, 0.2) is 4.79 Å². The number of likely N-dealkylation sites (tertiary alicyclic amines) is 1. The van der Waals surface area contributed by atoms with Crippen LogP contribution in [0.2, 0.25) is 0 Å². The lowest BCUT2D eigenvalue weighted by molar-refractivity contribution is -0.142. The van der Waals surface area contributed by atoms with Crippen molar-refractivity contribution in [1.82, 2.24) is 19.8 Å². The van der Waals surface area contributed by atoms with Gasteiger partial charge in [0.15, 0.2) is 0 Å². The minimum Gasteiger partial charge on any atom is -0.481 e. The Balaban J connectivity index is 1.02. The van der Waals surface area contributed by atoms with E-state index in [4.69, 9.17) is 21.3 Å². The molecule has 4 heterocycles. The van der Waals surface area contributed by atoms with Crippen molar-refractivity contribution in [1.29, 1.82) is 0 Å². The Kier molecular flexibility index (Phi) is 8.84. The number of aliphatic carboxylic acids is 1. The van der Waals surface area contributed by atoms with Crippen molar-refractivity contribution in [2.24, 2.45) is 23.2 Å². The molecule has 10 atom stereocenters. The molecular formula is C33H47ClF2N4O4S. The second-order valence-corrected chi connectivity index (χ2v) is 16.7. The van der Waals surface area contributed by atoms with Gasteiger partial charge in [0.2, 0.25) is 0 Å². The average molecular weight is 669 g/mol. The highest BCUT2D eigenvalue weighted by Gasteiger charge is 2.71. The number of hydrogen-bond donors (Lipinski definition) is 2. The van der Waals surface area contributed by atoms with Gasteiger partial charge < -0.3 is 15.2 Å². The highest BCUT2D eigenvalue weighted by Crippen LogP contribution is 2.64. The third-order valence-electron chi connectivity index (χ3n) is 12.1. The van der Waals surface area contributed by atoms with E-state index < -0.39 is 17.3 Å². The minimum absolute atomic E-state index is 0.000350. The van der Waals surface area contributed by atoms with Gasteiger partial charge in [-0.1, -0.05) is 0 Å². The lowest BCUT2D eigenvalue weighted by Gasteiger charge is -2.47. The molecule has 1 aromatic heterocycles. The zero-order valence-electron chi connectivity index (χ0n) is 26.4. The van der Waals surface area contributed by atoms with E-state index in [1.807, 2.05) is 6.92 Å². The molecular weight excluding hydrogens is 622 g/mol. The first-order valence-corrected chi connectivity index (χ1v) is 18.5. The molecule has 7 rings (SSSR count). The molecule has 0 amide bonds. The molecule has 0 bridgehead atoms. The Morgan fingerprint density at radius 1 is 1.24 bits per heavy atom. The highest BCUT2D eigenvalue weighted by atomic mass is 35.5. The van der Waals surface area contributed by atoms with Crippen molar-refractivity contribution in [2.75, 3.05) is 25.4 Å². The highest BCUT2D eigenvalue weighted by molar-refractivity contribution is 8.00. The number of thioether (sulfide) groups is 1. The van der Waals surface area contributed by atoms with Gasteiger partial charge in [0.25, 0.3) is 11.5 Å². The van der Waals surface area contributed by atoms with Crippen LogP contribution in [0.25, 0.3) is 0 Å². The summed E-state index contributed by atoms with van der Waals surface area (Å²) in [6, 6.07) is 0.293. The Morgan fingerprint density at radius 2 is 2.04 bits per heavy atom. The first-order valence-electron chi connectivity index (χ1n) is 17.0. The van der Waals surface area contributed by atoms with Crippen LogP contribution >= 0.6 is 23.4 Å². The van der Waals surface area contributed by atoms with Crippen LogP contribution in [0.1, 0.15) is 75.4 Å². The van der Waals surface area contributed by atoms with E-state index in [2.05, 4.69) is 17.1 Å². The van der Waals surface area contributed by atoms with Crippen LogP contribution in [-0.2, 0) is 28.9 Å². The molecule has 3 aliphatic carbocycles. The Bertz CT molecular complexity index is 1370. The second kappa shape index (κ2) is 12.3. The van der Waals surface area contributed by atoms with Crippen molar-refractivity contribution < 1.29 is 23.4 Å². The van der Waals surface area contributed by atoms with Crippen molar-refractivity contribution in [3.63, 3.8) is 0 Å². The van der Waals surface area contributed by atoms with E-state index in [9.17, 15) is 23.5 Å². The molecule has 8 unspecified atom stereocenters. The van der Waals surface area contributed by atoms with Gasteiger partial charge in [-0.05, 0) is 90.0 Å². The van der Waals surface area contributed by atoms with Gasteiger partial charge in [-0.2, -0.15) is 11.8 Å². The molecule has 3 aliphatic heterocycles. The molecule has 5 fully saturated rings. The molecule has 1 aromatic rings. The lowest BCUT2D eigenvalue weighted by Crippen LogP contribution is -2.57. The zero-order valence-corrected chi connectivity index (χ0v) is 27.9. The summed E-state index contributed by atoms with van der Waals surface area (Å²) in [5.74, 6) is -1.77. The molecule has 250 valence electrons. The third-order valence-corrected chi connectivity index (χ3v) is 14.1. The van der Waals surface area contributed by atoms with Gasteiger partial charge in [-0.3, -0.25) is 19.1 Å². The smallest absolute Gasteiger partial charge is 0.308 e. The van der Waals surface area contributed by atoms with E-state index in [1.54, 1.807) is 16.3 Å². The largest absolute Gasteiger partial charge is 0.481 e. The number of ether oxygens (including phenoxy) is 1. The maximum absolute atomic E-state index is 14.2. The predicted molar refractivity (Wildman–Crippen MR) is 170 cm³/mol. The van der Waals surface area contributed by atoms with E-state index in [0.29, 0.717) is 56.5 Å². The number of piperidine rings is 2. The van der Waals surface area contributed by atoms with Gasteiger partial charge in [0.1, 0.15) is 5.82 Å². The summed E-state index contributed by atoms with van der Waals surface area (Å²) in [5, 5.41) is 13.7. The predicted octanol–water partition coefficient (Wildman–Crippen LogP) is 4.51. The number of nitrogens with zero attached hydrogens (tertiary/aromatic N) is 3. The second-order valence-electron chi connectivity index (χ2n) is 14.9. The SMILES string of the molecule is Cc1nc2c(c(=O)n1CCOC1CCC(Cl)CC1C1CC(C)NC3C(C(=O)O)CSC13)C[C@H](N1CCC[C@@]3(C1)CC3(F)F)CC2. The summed E-state index contributed by atoms with van der Waals surface area (Å²) in [4.78, 5) is 32.9. The number of fused-ring (bicyclic) bond motifs is 2. The number of hydrogen-bond acceptors (Lipinski definition) is 7. The summed E-state index contributed by atoms with van der Waals surface area (Å²) in [5.41, 5.74) is 0.724. The standard InChI is InChI=1S/C33H47ClF2N4O4S/c1-18-12-23(29-28(37-18)25(15-45-29)31(42)43)22-13-20(34)4-7-27(22)44-11-10-40-19(2)38-26-6-5-21(14-24(26)30(40)41)39-9-3-8-32(17-39)16-33(32,35)36/h18,20-23,25,27-29,37H,3-17H2,1-2H3,(H,42,43)/t18?,20?,21-,22?,23?,25?,27?,28?,29?,32+/m1/s1. The Morgan fingerprint density at radius 3 is 2.80 bits per heavy atom. The first-order chi connectivity index (χ1) is 21.5. The molecule has 6 aliphatic rings. The van der Waals surface area contributed by atoms with Crippen LogP contribution < -0.4 is 10.9 Å². The van der Waals surface area contributed by atoms with E-state index >= 15 is 0 Å². The van der Waals surface area contributed by atoms with Crippen LogP contribution in [-0.4, -0.2) is 91.8 Å². The topological polar surface area (TPSA) is 96.7 Å². The molecule has 3 saturated heterocycles. The monoisotopic (exact) mass is 668 g/mol. The molecule has 1 spiro atoms. The quantitative estimate of drug-likeness (QED) is 0.410. The number of alkyl halides is 3. The van der Waals surface area contributed by atoms with Crippen LogP contribution in [0.4, 0.5) is 8.78 Å². The average Bonchev–Trinajstić information content (AvgIpc) is 3.29. The fourth-order valence-electron chi connectivity index (χ4n) is 9.60. The fraction of sp³-hybridized carbons (Fsp3) is 0.848. The number of nitrogens with one attached hydrogen (secondary N) is 1. The summed E-state index contributed by atoms with van der Waals surface area (Å²) in [7, 11) is 0. The number of carbonyl (C=O) groups is 1. The summed E-state index contributed by atoms with van der Waals surface area (Å²) in [6.07, 6.45) is 7.08. The molecule has 0 aromatic carbocycles. The number of aryl methyl sites for hydroxylation is 2. The van der Waals surface area contributed by atoms with Gasteiger partial charge in [0, 0.05) is 53.0 Å². The lowest BCUT2D eigenvalue weighted by atomic mass is 9.70. The number of aromatic nitrogens is 2. The van der Waals surface area contributed by atoms with Crippen LogP contribution in [0.5, 0.6) is 0 Å². The number of carboxylic acid groups (broad SMARTS) is 1. The zero-order chi connectivity index (χ0) is 31.7. The van der Waals surface area contributed by atoms with Gasteiger partial charge >= 0.3 is 5.97 Å². The summed E-state index contributed by atoms with van der Waals surface area (Å²) in [6.45, 7) is 6.08. The number of halogens is 3. The van der Waals surface area contributed by atoms with Crippen LogP contribution in [0, 0.1) is 30.1 Å². The van der Waals surface area contributed by atoms with Gasteiger partial charge in [0.05, 0.1) is 36.3 Å². The first kappa shape index (κ1) is 32.3. The normalized spacial score (nSPS) is 41.0. The fourth-order valence-corrected chi connectivity index (χ4v) is 11.7. The molecule has 8 nitrogen and oxygen atoms in total.